The minimum Gasteiger partial charge on any atom is -0.458 e. The molecule has 0 rings (SSSR count). The van der Waals surface area contributed by atoms with E-state index < -0.39 is 19.9 Å². The quantitative estimate of drug-likeness (QED) is 0.0442. The largest absolute Gasteiger partial charge is 0.472 e. The van der Waals surface area contributed by atoms with E-state index in [0.29, 0.717) is 6.61 Å². The number of allylic oxidation sites excluding steroid dienone is 10. The molecule has 0 aliphatic rings. The van der Waals surface area contributed by atoms with Crippen molar-refractivity contribution in [2.75, 3.05) is 33.0 Å². The topological polar surface area (TPSA) is 117 Å². The molecule has 40 heavy (non-hydrogen) atoms. The summed E-state index contributed by atoms with van der Waals surface area (Å²) >= 11 is 0. The molecule has 0 aromatic heterocycles. The van der Waals surface area contributed by atoms with Gasteiger partial charge >= 0.3 is 13.8 Å². The number of hydrogen-bond donors (Lipinski definition) is 2. The van der Waals surface area contributed by atoms with Crippen molar-refractivity contribution in [1.29, 1.82) is 0 Å². The highest BCUT2D eigenvalue weighted by Crippen LogP contribution is 2.43. The van der Waals surface area contributed by atoms with Gasteiger partial charge in [-0.2, -0.15) is 0 Å². The Bertz CT molecular complexity index is 793. The summed E-state index contributed by atoms with van der Waals surface area (Å²) in [5.74, 6) is -0.516. The third-order valence-corrected chi connectivity index (χ3v) is 6.48. The number of hydrogen-bond acceptors (Lipinski definition) is 7. The van der Waals surface area contributed by atoms with Crippen molar-refractivity contribution in [1.82, 2.24) is 0 Å². The molecule has 0 radical (unpaired) electrons. The van der Waals surface area contributed by atoms with Gasteiger partial charge in [0.2, 0.25) is 0 Å². The highest BCUT2D eigenvalue weighted by Gasteiger charge is 2.24. The van der Waals surface area contributed by atoms with Gasteiger partial charge in [-0.25, -0.2) is 4.57 Å². The Balaban J connectivity index is 3.68. The van der Waals surface area contributed by atoms with Crippen molar-refractivity contribution in [3.8, 4) is 0 Å². The molecule has 0 amide bonds. The fourth-order valence-corrected chi connectivity index (χ4v) is 4.26. The first-order valence-electron chi connectivity index (χ1n) is 14.7. The normalized spacial score (nSPS) is 14.8. The average Bonchev–Trinajstić information content (AvgIpc) is 2.92. The van der Waals surface area contributed by atoms with Crippen molar-refractivity contribution in [2.24, 2.45) is 5.73 Å². The van der Waals surface area contributed by atoms with Gasteiger partial charge in [-0.3, -0.25) is 13.8 Å². The third kappa shape index (κ3) is 29.2. The highest BCUT2D eigenvalue weighted by molar-refractivity contribution is 7.47. The minimum atomic E-state index is -4.23. The summed E-state index contributed by atoms with van der Waals surface area (Å²) in [5.41, 5.74) is 5.24. The number of phosphoric acid groups is 1. The van der Waals surface area contributed by atoms with Crippen molar-refractivity contribution >= 4 is 13.8 Å². The number of esters is 1. The van der Waals surface area contributed by atoms with Crippen LogP contribution in [0.2, 0.25) is 0 Å². The number of unbranched alkanes of at least 4 members (excludes halogenated alkanes) is 6. The molecule has 0 aliphatic heterocycles. The van der Waals surface area contributed by atoms with Crippen LogP contribution in [-0.4, -0.2) is 49.9 Å². The first-order chi connectivity index (χ1) is 19.4. The molecule has 0 aromatic rings. The van der Waals surface area contributed by atoms with Crippen molar-refractivity contribution in [3.05, 3.63) is 60.8 Å². The van der Waals surface area contributed by atoms with E-state index in [1.165, 1.54) is 26.2 Å². The Kier molecular flexibility index (Phi) is 27.4. The molecule has 0 aromatic carbocycles. The van der Waals surface area contributed by atoms with Crippen LogP contribution in [0.1, 0.15) is 90.9 Å². The van der Waals surface area contributed by atoms with Crippen molar-refractivity contribution < 1.29 is 32.8 Å². The molecule has 8 nitrogen and oxygen atoms in total. The van der Waals surface area contributed by atoms with Crippen LogP contribution >= 0.6 is 7.82 Å². The second-order valence-corrected chi connectivity index (χ2v) is 10.8. The van der Waals surface area contributed by atoms with E-state index in [9.17, 15) is 14.3 Å². The zero-order chi connectivity index (χ0) is 29.6. The molecule has 0 fully saturated rings. The summed E-state index contributed by atoms with van der Waals surface area (Å²) in [5, 5.41) is 0. The SMILES string of the molecule is CC/C=C\C/C=C\C/C=C\C/C=C\C/C=C\CCCCCCCCOCC(COP(=O)(O)OCCN)OC(C)=O. The van der Waals surface area contributed by atoms with Gasteiger partial charge in [0.1, 0.15) is 6.10 Å². The van der Waals surface area contributed by atoms with Crippen molar-refractivity contribution in [2.45, 2.75) is 97.0 Å². The van der Waals surface area contributed by atoms with Crippen LogP contribution in [0.5, 0.6) is 0 Å². The van der Waals surface area contributed by atoms with Gasteiger partial charge in [0.05, 0.1) is 19.8 Å². The number of nitrogens with two attached hydrogens (primary N) is 1. The van der Waals surface area contributed by atoms with Gasteiger partial charge in [-0.1, -0.05) is 93.4 Å². The number of carbonyl (C=O) groups excluding carboxylic acids is 1. The molecule has 230 valence electrons. The third-order valence-electron chi connectivity index (χ3n) is 5.50. The van der Waals surface area contributed by atoms with Crippen LogP contribution in [0.25, 0.3) is 0 Å². The zero-order valence-corrected chi connectivity index (χ0v) is 25.7. The molecule has 2 unspecified atom stereocenters. The zero-order valence-electron chi connectivity index (χ0n) is 24.8. The van der Waals surface area contributed by atoms with E-state index in [1.807, 2.05) is 0 Å². The molecule has 3 N–H and O–H groups in total. The lowest BCUT2D eigenvalue weighted by Gasteiger charge is -2.19. The predicted octanol–water partition coefficient (Wildman–Crippen LogP) is 7.51. The molecule has 0 spiro atoms. The summed E-state index contributed by atoms with van der Waals surface area (Å²) in [6, 6.07) is 0. The molecule has 0 heterocycles. The molecule has 0 aliphatic carbocycles. The Hall–Kier alpha value is -1.80. The van der Waals surface area contributed by atoms with Crippen LogP contribution in [0.3, 0.4) is 0 Å². The lowest BCUT2D eigenvalue weighted by molar-refractivity contribution is -0.151. The highest BCUT2D eigenvalue weighted by atomic mass is 31.2. The summed E-state index contributed by atoms with van der Waals surface area (Å²) in [6.07, 6.45) is 34.4. The fourth-order valence-electron chi connectivity index (χ4n) is 3.49. The van der Waals surface area contributed by atoms with Crippen LogP contribution < -0.4 is 5.73 Å². The van der Waals surface area contributed by atoms with Crippen LogP contribution in [0.15, 0.2) is 60.8 Å². The Morgan fingerprint density at radius 2 is 1.27 bits per heavy atom. The van der Waals surface area contributed by atoms with Crippen molar-refractivity contribution in [3.63, 3.8) is 0 Å². The molecule has 0 saturated heterocycles. The van der Waals surface area contributed by atoms with E-state index in [4.69, 9.17) is 19.7 Å². The van der Waals surface area contributed by atoms with Gasteiger partial charge in [0.25, 0.3) is 0 Å². The van der Waals surface area contributed by atoms with Gasteiger partial charge in [0, 0.05) is 20.1 Å². The van der Waals surface area contributed by atoms with E-state index in [1.54, 1.807) is 0 Å². The van der Waals surface area contributed by atoms with Gasteiger partial charge in [-0.15, -0.1) is 0 Å². The maximum atomic E-state index is 11.7. The predicted molar refractivity (Wildman–Crippen MR) is 164 cm³/mol. The van der Waals surface area contributed by atoms with Gasteiger partial charge in [-0.05, 0) is 51.4 Å². The average molecular weight is 584 g/mol. The molecular weight excluding hydrogens is 529 g/mol. The summed E-state index contributed by atoms with van der Waals surface area (Å²) < 4.78 is 31.9. The lowest BCUT2D eigenvalue weighted by atomic mass is 10.1. The molecule has 0 bridgehead atoms. The monoisotopic (exact) mass is 583 g/mol. The number of rotatable bonds is 27. The Labute approximate surface area is 243 Å². The molecule has 2 atom stereocenters. The van der Waals surface area contributed by atoms with E-state index in [-0.39, 0.29) is 26.4 Å². The minimum absolute atomic E-state index is 0.0870. The van der Waals surface area contributed by atoms with Crippen LogP contribution in [0.4, 0.5) is 0 Å². The molecule has 0 saturated carbocycles. The standard InChI is InChI=1S/C31H54NO7P/c1-3-4-5-6-7-8-9-10-11-12-13-14-15-16-17-18-19-20-21-22-23-24-26-36-28-31(39-30(2)33)29-38-40(34,35)37-27-25-32/h4-5,7-8,10-11,13-14,16-17,31H,3,6,9,12,15,18-29,32H2,1-2H3,(H,34,35)/b5-4-,8-7-,11-10-,14-13-,17-16-. The maximum absolute atomic E-state index is 11.7. The number of phosphoric ester groups is 1. The second-order valence-electron chi connectivity index (χ2n) is 9.31. The Morgan fingerprint density at radius 3 is 1.82 bits per heavy atom. The number of carbonyl (C=O) groups is 1. The van der Waals surface area contributed by atoms with E-state index >= 15 is 0 Å². The van der Waals surface area contributed by atoms with E-state index in [2.05, 4.69) is 72.2 Å². The summed E-state index contributed by atoms with van der Waals surface area (Å²) in [4.78, 5) is 20.8. The first kappa shape index (κ1) is 38.2. The smallest absolute Gasteiger partial charge is 0.458 e. The van der Waals surface area contributed by atoms with Gasteiger partial charge < -0.3 is 20.1 Å². The van der Waals surface area contributed by atoms with Crippen LogP contribution in [-0.2, 0) is 27.9 Å². The van der Waals surface area contributed by atoms with E-state index in [0.717, 1.165) is 57.8 Å². The van der Waals surface area contributed by atoms with Crippen LogP contribution in [0, 0.1) is 0 Å². The maximum Gasteiger partial charge on any atom is 0.472 e. The second kappa shape index (κ2) is 28.7. The Morgan fingerprint density at radius 1 is 0.750 bits per heavy atom. The summed E-state index contributed by atoms with van der Waals surface area (Å²) in [7, 11) is -4.23. The van der Waals surface area contributed by atoms with Gasteiger partial charge in [0.15, 0.2) is 0 Å². The number of ether oxygens (including phenoxy) is 2. The molecule has 9 heteroatoms. The fraction of sp³-hybridized carbons (Fsp3) is 0.645. The first-order valence-corrected chi connectivity index (χ1v) is 16.2. The lowest BCUT2D eigenvalue weighted by Crippen LogP contribution is -2.27. The molecular formula is C31H54NO7P. The summed E-state index contributed by atoms with van der Waals surface area (Å²) in [6.45, 7) is 3.72.